The van der Waals surface area contributed by atoms with E-state index in [0.29, 0.717) is 16.1 Å². The summed E-state index contributed by atoms with van der Waals surface area (Å²) in [5.74, 6) is -0.344. The molecule has 2 amide bonds. The summed E-state index contributed by atoms with van der Waals surface area (Å²) in [7, 11) is 1.46. The summed E-state index contributed by atoms with van der Waals surface area (Å²) in [6, 6.07) is 4.56. The van der Waals surface area contributed by atoms with Crippen LogP contribution in [0.3, 0.4) is 0 Å². The molecule has 1 atom stereocenters. The first-order chi connectivity index (χ1) is 9.00. The van der Waals surface area contributed by atoms with Crippen LogP contribution >= 0.6 is 11.6 Å². The van der Waals surface area contributed by atoms with Crippen LogP contribution in [-0.4, -0.2) is 33.3 Å². The summed E-state index contributed by atoms with van der Waals surface area (Å²) in [5.41, 5.74) is 7.06. The van der Waals surface area contributed by atoms with Crippen LogP contribution in [0.5, 0.6) is 0 Å². The molecular formula is C12H11ClN4O2. The minimum Gasteiger partial charge on any atom is -0.369 e. The second-order valence-corrected chi connectivity index (χ2v) is 4.87. The Morgan fingerprint density at radius 2 is 2.16 bits per heavy atom. The van der Waals surface area contributed by atoms with Crippen LogP contribution in [0.4, 0.5) is 5.95 Å². The van der Waals surface area contributed by atoms with Crippen molar-refractivity contribution in [3.8, 4) is 0 Å². The van der Waals surface area contributed by atoms with Crippen LogP contribution in [0, 0.1) is 0 Å². The van der Waals surface area contributed by atoms with Gasteiger partial charge in [-0.2, -0.15) is 0 Å². The van der Waals surface area contributed by atoms with Gasteiger partial charge in [0.1, 0.15) is 6.04 Å². The van der Waals surface area contributed by atoms with Gasteiger partial charge in [-0.05, 0) is 12.1 Å². The molecule has 7 heteroatoms. The molecule has 0 spiro atoms. The normalized spacial score (nSPS) is 19.7. The number of carbonyl (C=O) groups is 2. The number of aromatic nitrogens is 2. The molecule has 2 N–H and O–H groups in total. The molecule has 1 fully saturated rings. The van der Waals surface area contributed by atoms with Crippen LogP contribution in [0.25, 0.3) is 11.0 Å². The standard InChI is InChI=1S/C12H11ClN4O2/c1-16-9(18)5-8(11(16)19)17-10-6(13)3-2-4-7(10)15-12(17)14/h2-4,8H,5H2,1H3,(H2,14,15). The molecule has 3 rings (SSSR count). The minimum atomic E-state index is -0.664. The van der Waals surface area contributed by atoms with E-state index in [0.717, 1.165) is 4.90 Å². The Bertz CT molecular complexity index is 709. The van der Waals surface area contributed by atoms with Crippen LogP contribution < -0.4 is 5.73 Å². The first-order valence-electron chi connectivity index (χ1n) is 5.73. The molecule has 0 aliphatic carbocycles. The van der Waals surface area contributed by atoms with Gasteiger partial charge in [-0.1, -0.05) is 17.7 Å². The van der Waals surface area contributed by atoms with Gasteiger partial charge in [0.15, 0.2) is 0 Å². The predicted octanol–water partition coefficient (Wildman–Crippen LogP) is 1.20. The third-order valence-corrected chi connectivity index (χ3v) is 3.66. The number of amides is 2. The lowest BCUT2D eigenvalue weighted by Crippen LogP contribution is -2.27. The van der Waals surface area contributed by atoms with E-state index >= 15 is 0 Å². The van der Waals surface area contributed by atoms with E-state index in [-0.39, 0.29) is 24.2 Å². The third kappa shape index (κ3) is 1.60. The number of fused-ring (bicyclic) bond motifs is 1. The maximum atomic E-state index is 12.1. The van der Waals surface area contributed by atoms with Crippen molar-refractivity contribution in [2.45, 2.75) is 12.5 Å². The number of imide groups is 1. The van der Waals surface area contributed by atoms with E-state index in [1.165, 1.54) is 7.05 Å². The van der Waals surface area contributed by atoms with Crippen molar-refractivity contribution in [1.29, 1.82) is 0 Å². The van der Waals surface area contributed by atoms with Gasteiger partial charge >= 0.3 is 0 Å². The van der Waals surface area contributed by atoms with E-state index in [2.05, 4.69) is 4.98 Å². The molecule has 1 aliphatic rings. The second-order valence-electron chi connectivity index (χ2n) is 4.46. The van der Waals surface area contributed by atoms with Gasteiger partial charge in [0.25, 0.3) is 5.91 Å². The summed E-state index contributed by atoms with van der Waals surface area (Å²) < 4.78 is 1.54. The van der Waals surface area contributed by atoms with Gasteiger partial charge in [0, 0.05) is 7.05 Å². The number of nitrogen functional groups attached to an aromatic ring is 1. The van der Waals surface area contributed by atoms with Crippen molar-refractivity contribution in [2.75, 3.05) is 12.8 Å². The van der Waals surface area contributed by atoms with Crippen LogP contribution in [-0.2, 0) is 9.59 Å². The average molecular weight is 279 g/mol. The number of likely N-dealkylation sites (N-methyl/N-ethyl adjacent to an activating group) is 1. The van der Waals surface area contributed by atoms with Crippen LogP contribution in [0.2, 0.25) is 5.02 Å². The van der Waals surface area contributed by atoms with Crippen LogP contribution in [0.1, 0.15) is 12.5 Å². The first-order valence-corrected chi connectivity index (χ1v) is 6.11. The number of rotatable bonds is 1. The van der Waals surface area contributed by atoms with Crippen molar-refractivity contribution < 1.29 is 9.59 Å². The van der Waals surface area contributed by atoms with Crippen LogP contribution in [0.15, 0.2) is 18.2 Å². The van der Waals surface area contributed by atoms with Gasteiger partial charge in [-0.25, -0.2) is 4.98 Å². The number of nitrogens with two attached hydrogens (primary N) is 1. The van der Waals surface area contributed by atoms with Gasteiger partial charge in [0.05, 0.1) is 22.5 Å². The zero-order valence-corrected chi connectivity index (χ0v) is 10.9. The molecule has 98 valence electrons. The molecule has 6 nitrogen and oxygen atoms in total. The highest BCUT2D eigenvalue weighted by Gasteiger charge is 2.39. The van der Waals surface area contributed by atoms with E-state index in [4.69, 9.17) is 17.3 Å². The number of anilines is 1. The van der Waals surface area contributed by atoms with E-state index < -0.39 is 6.04 Å². The fraction of sp³-hybridized carbons (Fsp3) is 0.250. The largest absolute Gasteiger partial charge is 0.369 e. The summed E-state index contributed by atoms with van der Waals surface area (Å²) in [4.78, 5) is 29.0. The molecule has 1 aliphatic heterocycles. The average Bonchev–Trinajstić information content (AvgIpc) is 2.82. The minimum absolute atomic E-state index is 0.0796. The highest BCUT2D eigenvalue weighted by Crippen LogP contribution is 2.33. The number of halogens is 1. The molecule has 19 heavy (non-hydrogen) atoms. The highest BCUT2D eigenvalue weighted by atomic mass is 35.5. The van der Waals surface area contributed by atoms with E-state index in [1.807, 2.05) is 0 Å². The molecule has 1 saturated heterocycles. The second kappa shape index (κ2) is 3.96. The lowest BCUT2D eigenvalue weighted by molar-refractivity contribution is -0.137. The lowest BCUT2D eigenvalue weighted by Gasteiger charge is -2.13. The van der Waals surface area contributed by atoms with Gasteiger partial charge < -0.3 is 5.73 Å². The Morgan fingerprint density at radius 1 is 1.42 bits per heavy atom. The first kappa shape index (κ1) is 12.0. The van der Waals surface area contributed by atoms with E-state index in [1.54, 1.807) is 22.8 Å². The summed E-state index contributed by atoms with van der Waals surface area (Å²) >= 11 is 6.15. The molecule has 0 bridgehead atoms. The maximum absolute atomic E-state index is 12.1. The summed E-state index contributed by atoms with van der Waals surface area (Å²) in [6.07, 6.45) is 0.0796. The number of para-hydroxylation sites is 1. The number of likely N-dealkylation sites (tertiary alicyclic amines) is 1. The zero-order chi connectivity index (χ0) is 13.7. The molecule has 1 unspecified atom stereocenters. The topological polar surface area (TPSA) is 81.2 Å². The lowest BCUT2D eigenvalue weighted by atomic mass is 10.2. The smallest absolute Gasteiger partial charge is 0.252 e. The highest BCUT2D eigenvalue weighted by molar-refractivity contribution is 6.35. The van der Waals surface area contributed by atoms with Crippen molar-refractivity contribution in [2.24, 2.45) is 0 Å². The van der Waals surface area contributed by atoms with Crippen molar-refractivity contribution in [3.63, 3.8) is 0 Å². The number of nitrogens with zero attached hydrogens (tertiary/aromatic N) is 3. The summed E-state index contributed by atoms with van der Waals surface area (Å²) in [6.45, 7) is 0. The Kier molecular flexibility index (Phi) is 2.50. The number of hydrogen-bond donors (Lipinski definition) is 1. The molecule has 2 heterocycles. The molecular weight excluding hydrogens is 268 g/mol. The number of carbonyl (C=O) groups excluding carboxylic acids is 2. The van der Waals surface area contributed by atoms with E-state index in [9.17, 15) is 9.59 Å². The monoisotopic (exact) mass is 278 g/mol. The number of hydrogen-bond acceptors (Lipinski definition) is 4. The van der Waals surface area contributed by atoms with Gasteiger partial charge in [-0.15, -0.1) is 0 Å². The Hall–Kier alpha value is -2.08. The number of imidazole rings is 1. The Balaban J connectivity index is 2.24. The van der Waals surface area contributed by atoms with Crippen molar-refractivity contribution >= 4 is 40.4 Å². The molecule has 1 aromatic heterocycles. The third-order valence-electron chi connectivity index (χ3n) is 3.36. The zero-order valence-electron chi connectivity index (χ0n) is 10.1. The summed E-state index contributed by atoms with van der Waals surface area (Å²) in [5, 5.41) is 0.455. The Labute approximate surface area is 113 Å². The van der Waals surface area contributed by atoms with Gasteiger partial charge in [-0.3, -0.25) is 19.1 Å². The fourth-order valence-corrected chi connectivity index (χ4v) is 2.64. The van der Waals surface area contributed by atoms with Crippen molar-refractivity contribution in [1.82, 2.24) is 14.5 Å². The quantitative estimate of drug-likeness (QED) is 0.795. The number of benzene rings is 1. The molecule has 0 saturated carbocycles. The SMILES string of the molecule is CN1C(=O)CC(n2c(N)nc3cccc(Cl)c32)C1=O. The molecule has 1 aromatic carbocycles. The Morgan fingerprint density at radius 3 is 2.79 bits per heavy atom. The molecule has 2 aromatic rings. The molecule has 0 radical (unpaired) electrons. The van der Waals surface area contributed by atoms with Gasteiger partial charge in [0.2, 0.25) is 11.9 Å². The predicted molar refractivity (Wildman–Crippen MR) is 70.6 cm³/mol. The maximum Gasteiger partial charge on any atom is 0.252 e. The van der Waals surface area contributed by atoms with Crippen molar-refractivity contribution in [3.05, 3.63) is 23.2 Å². The fourth-order valence-electron chi connectivity index (χ4n) is 2.38.